The van der Waals surface area contributed by atoms with Crippen LogP contribution in [0.4, 0.5) is 0 Å². The normalized spacial score (nSPS) is 9.56. The van der Waals surface area contributed by atoms with Crippen molar-refractivity contribution in [2.75, 3.05) is 6.26 Å². The predicted octanol–water partition coefficient (Wildman–Crippen LogP) is 0.902. The van der Waals surface area contributed by atoms with Crippen LogP contribution in [0.2, 0.25) is 0 Å². The Bertz CT molecular complexity index is 184. The van der Waals surface area contributed by atoms with E-state index in [1.807, 2.05) is 13.2 Å². The van der Waals surface area contributed by atoms with Crippen LogP contribution >= 0.6 is 11.8 Å². The highest BCUT2D eigenvalue weighted by Gasteiger charge is 1.90. The van der Waals surface area contributed by atoms with Crippen LogP contribution in [0.25, 0.3) is 0 Å². The molecule has 1 aromatic heterocycles. The molecule has 3 nitrogen and oxygen atoms in total. The van der Waals surface area contributed by atoms with Gasteiger partial charge in [0.1, 0.15) is 0 Å². The lowest BCUT2D eigenvalue weighted by molar-refractivity contribution is 0.814. The monoisotopic (exact) mass is 141 g/mol. The van der Waals surface area contributed by atoms with Gasteiger partial charge in [0.2, 0.25) is 5.16 Å². The fraction of sp³-hybridized carbons (Fsp3) is 0.400. The Morgan fingerprint density at radius 2 is 2.22 bits per heavy atom. The maximum absolute atomic E-state index is 3.99. The molecule has 4 heteroatoms. The van der Waals surface area contributed by atoms with Crippen LogP contribution in [0.15, 0.2) is 11.4 Å². The number of thioether (sulfide) groups is 1. The molecule has 0 spiro atoms. The van der Waals surface area contributed by atoms with Gasteiger partial charge in [0.15, 0.2) is 0 Å². The first kappa shape index (κ1) is 6.48. The van der Waals surface area contributed by atoms with Gasteiger partial charge < -0.3 is 0 Å². The van der Waals surface area contributed by atoms with E-state index in [-0.39, 0.29) is 0 Å². The molecule has 0 unspecified atom stereocenters. The van der Waals surface area contributed by atoms with Crippen molar-refractivity contribution >= 4 is 11.8 Å². The van der Waals surface area contributed by atoms with Crippen molar-refractivity contribution < 1.29 is 0 Å². The summed E-state index contributed by atoms with van der Waals surface area (Å²) < 4.78 is 0. The third kappa shape index (κ3) is 1.64. The first-order chi connectivity index (χ1) is 4.33. The molecule has 0 amide bonds. The third-order valence-electron chi connectivity index (χ3n) is 0.838. The van der Waals surface area contributed by atoms with E-state index in [2.05, 4.69) is 15.2 Å². The van der Waals surface area contributed by atoms with Crippen molar-refractivity contribution in [2.24, 2.45) is 0 Å². The van der Waals surface area contributed by atoms with Crippen LogP contribution < -0.4 is 0 Å². The summed E-state index contributed by atoms with van der Waals surface area (Å²) in [6.45, 7) is 1.87. The number of rotatable bonds is 1. The molecule has 1 aromatic rings. The molecule has 9 heavy (non-hydrogen) atoms. The minimum Gasteiger partial charge on any atom is -0.228 e. The molecule has 1 heterocycles. The molecule has 0 saturated carbocycles. The lowest BCUT2D eigenvalue weighted by Crippen LogP contribution is -1.90. The van der Waals surface area contributed by atoms with Gasteiger partial charge in [0.25, 0.3) is 0 Å². The standard InChI is InChI=1S/C5H7N3S/c1-4-3-6-5(9-2)8-7-4/h3H,1-2H3. The zero-order chi connectivity index (χ0) is 6.69. The van der Waals surface area contributed by atoms with Gasteiger partial charge in [-0.1, -0.05) is 11.8 Å². The summed E-state index contributed by atoms with van der Waals surface area (Å²) in [6.07, 6.45) is 3.63. The molecule has 0 aromatic carbocycles. The molecular weight excluding hydrogens is 134 g/mol. The molecule has 0 saturated heterocycles. The maximum Gasteiger partial charge on any atom is 0.208 e. The van der Waals surface area contributed by atoms with Gasteiger partial charge in [-0.3, -0.25) is 0 Å². The number of hydrogen-bond donors (Lipinski definition) is 0. The molecule has 0 atom stereocenters. The van der Waals surface area contributed by atoms with E-state index in [9.17, 15) is 0 Å². The summed E-state index contributed by atoms with van der Waals surface area (Å²) in [6, 6.07) is 0. The second-order valence-electron chi connectivity index (χ2n) is 1.59. The van der Waals surface area contributed by atoms with Crippen LogP contribution in [-0.4, -0.2) is 21.4 Å². The molecule has 0 radical (unpaired) electrons. The summed E-state index contributed by atoms with van der Waals surface area (Å²) in [5.74, 6) is 0. The van der Waals surface area contributed by atoms with Crippen molar-refractivity contribution in [3.63, 3.8) is 0 Å². The van der Waals surface area contributed by atoms with E-state index in [4.69, 9.17) is 0 Å². The van der Waals surface area contributed by atoms with Gasteiger partial charge >= 0.3 is 0 Å². The topological polar surface area (TPSA) is 38.7 Å². The van der Waals surface area contributed by atoms with Crippen LogP contribution in [0.3, 0.4) is 0 Å². The van der Waals surface area contributed by atoms with E-state index in [1.165, 1.54) is 11.8 Å². The van der Waals surface area contributed by atoms with Crippen LogP contribution in [0.5, 0.6) is 0 Å². The van der Waals surface area contributed by atoms with Gasteiger partial charge in [0.05, 0.1) is 11.9 Å². The quantitative estimate of drug-likeness (QED) is 0.545. The average molecular weight is 141 g/mol. The zero-order valence-corrected chi connectivity index (χ0v) is 6.14. The molecule has 0 bridgehead atoms. The van der Waals surface area contributed by atoms with E-state index in [0.717, 1.165) is 10.9 Å². The molecule has 1 rings (SSSR count). The minimum atomic E-state index is 0.723. The van der Waals surface area contributed by atoms with Gasteiger partial charge in [-0.2, -0.15) is 5.10 Å². The van der Waals surface area contributed by atoms with E-state index in [1.54, 1.807) is 6.20 Å². The van der Waals surface area contributed by atoms with Crippen LogP contribution in [0, 0.1) is 6.92 Å². The first-order valence-electron chi connectivity index (χ1n) is 2.53. The Kier molecular flexibility index (Phi) is 2.00. The zero-order valence-electron chi connectivity index (χ0n) is 5.33. The Hall–Kier alpha value is -0.640. The van der Waals surface area contributed by atoms with Gasteiger partial charge in [-0.15, -0.1) is 5.10 Å². The second kappa shape index (κ2) is 2.77. The lowest BCUT2D eigenvalue weighted by Gasteiger charge is -1.90. The predicted molar refractivity (Wildman–Crippen MR) is 36.3 cm³/mol. The minimum absolute atomic E-state index is 0.723. The van der Waals surface area contributed by atoms with Crippen LogP contribution in [-0.2, 0) is 0 Å². The second-order valence-corrected chi connectivity index (χ2v) is 2.36. The highest BCUT2D eigenvalue weighted by atomic mass is 32.2. The number of aromatic nitrogens is 3. The first-order valence-corrected chi connectivity index (χ1v) is 3.75. The van der Waals surface area contributed by atoms with Crippen molar-refractivity contribution in [3.8, 4) is 0 Å². The maximum atomic E-state index is 3.99. The van der Waals surface area contributed by atoms with E-state index in [0.29, 0.717) is 0 Å². The Balaban J connectivity index is 2.88. The largest absolute Gasteiger partial charge is 0.228 e. The summed E-state index contributed by atoms with van der Waals surface area (Å²) in [4.78, 5) is 3.99. The molecule has 0 aliphatic rings. The van der Waals surface area contributed by atoms with E-state index >= 15 is 0 Å². The van der Waals surface area contributed by atoms with E-state index < -0.39 is 0 Å². The molecule has 0 aliphatic heterocycles. The summed E-state index contributed by atoms with van der Waals surface area (Å²) >= 11 is 1.49. The van der Waals surface area contributed by atoms with Crippen molar-refractivity contribution in [1.82, 2.24) is 15.2 Å². The lowest BCUT2D eigenvalue weighted by atomic mass is 10.6. The summed E-state index contributed by atoms with van der Waals surface area (Å²) in [5, 5.41) is 8.34. The van der Waals surface area contributed by atoms with Gasteiger partial charge in [0, 0.05) is 0 Å². The van der Waals surface area contributed by atoms with Crippen molar-refractivity contribution in [2.45, 2.75) is 12.1 Å². The highest BCUT2D eigenvalue weighted by molar-refractivity contribution is 7.98. The summed E-state index contributed by atoms with van der Waals surface area (Å²) in [7, 11) is 0. The molecule has 48 valence electrons. The fourth-order valence-electron chi connectivity index (χ4n) is 0.415. The highest BCUT2D eigenvalue weighted by Crippen LogP contribution is 2.03. The molecule has 0 N–H and O–H groups in total. The Labute approximate surface area is 57.9 Å². The Morgan fingerprint density at radius 1 is 1.44 bits per heavy atom. The van der Waals surface area contributed by atoms with Crippen molar-refractivity contribution in [1.29, 1.82) is 0 Å². The smallest absolute Gasteiger partial charge is 0.208 e. The number of nitrogens with zero attached hydrogens (tertiary/aromatic N) is 3. The molecule has 0 aliphatic carbocycles. The third-order valence-corrected chi connectivity index (χ3v) is 1.39. The average Bonchev–Trinajstić information content (AvgIpc) is 1.90. The Morgan fingerprint density at radius 3 is 2.67 bits per heavy atom. The fourth-order valence-corrected chi connectivity index (χ4v) is 0.696. The SMILES string of the molecule is CSc1ncc(C)nn1. The molecule has 0 fully saturated rings. The van der Waals surface area contributed by atoms with Crippen molar-refractivity contribution in [3.05, 3.63) is 11.9 Å². The number of aryl methyl sites for hydroxylation is 1. The number of hydrogen-bond acceptors (Lipinski definition) is 4. The van der Waals surface area contributed by atoms with Crippen LogP contribution in [0.1, 0.15) is 5.69 Å². The van der Waals surface area contributed by atoms with Gasteiger partial charge in [-0.25, -0.2) is 4.98 Å². The molecular formula is C5H7N3S. The van der Waals surface area contributed by atoms with Gasteiger partial charge in [-0.05, 0) is 13.2 Å². The summed E-state index contributed by atoms with van der Waals surface area (Å²) in [5.41, 5.74) is 0.854.